The number of hydrogen-bond acceptors (Lipinski definition) is 4. The van der Waals surface area contributed by atoms with E-state index in [-0.39, 0.29) is 19.1 Å². The summed E-state index contributed by atoms with van der Waals surface area (Å²) in [6.07, 6.45) is 0. The predicted octanol–water partition coefficient (Wildman–Crippen LogP) is 5.27. The van der Waals surface area contributed by atoms with Gasteiger partial charge in [0.1, 0.15) is 10.8 Å². The second-order valence-corrected chi connectivity index (χ2v) is 7.61. The first-order chi connectivity index (χ1) is 12.3. The van der Waals surface area contributed by atoms with E-state index in [2.05, 4.69) is 26.6 Å². The molecule has 26 heavy (non-hydrogen) atoms. The van der Waals surface area contributed by atoms with Gasteiger partial charge < -0.3 is 10.1 Å². The fourth-order valence-electron chi connectivity index (χ4n) is 2.29. The van der Waals surface area contributed by atoms with Gasteiger partial charge >= 0.3 is 12.0 Å². The van der Waals surface area contributed by atoms with Crippen LogP contribution in [0.5, 0.6) is 0 Å². The van der Waals surface area contributed by atoms with E-state index in [1.807, 2.05) is 19.2 Å². The number of nitrogens with one attached hydrogen (secondary N) is 2. The number of hydrogen-bond donors (Lipinski definition) is 2. The lowest BCUT2D eigenvalue weighted by Crippen LogP contribution is -2.29. The average Bonchev–Trinajstić information content (AvgIpc) is 2.98. The molecule has 2 N–H and O–H groups in total. The Morgan fingerprint density at radius 2 is 2.08 bits per heavy atom. The van der Waals surface area contributed by atoms with Gasteiger partial charge in [0.15, 0.2) is 0 Å². The number of rotatable bonds is 6. The van der Waals surface area contributed by atoms with Crippen molar-refractivity contribution in [3.8, 4) is 0 Å². The summed E-state index contributed by atoms with van der Waals surface area (Å²) in [5.41, 5.74) is 1.56. The minimum atomic E-state index is -0.518. The highest BCUT2D eigenvalue weighted by atomic mass is 79.9. The van der Waals surface area contributed by atoms with Gasteiger partial charge in [-0.15, -0.1) is 11.3 Å². The molecule has 0 spiro atoms. The molecule has 0 aliphatic carbocycles. The minimum Gasteiger partial charge on any atom is -0.462 e. The van der Waals surface area contributed by atoms with Gasteiger partial charge in [-0.1, -0.05) is 35.8 Å². The lowest BCUT2D eigenvalue weighted by atomic mass is 10.0. The molecule has 0 saturated heterocycles. The number of esters is 1. The van der Waals surface area contributed by atoms with Crippen molar-refractivity contribution in [2.75, 3.05) is 11.9 Å². The Hall–Kier alpha value is -1.93. The molecule has 0 radical (unpaired) electrons. The Balaban J connectivity index is 2.09. The van der Waals surface area contributed by atoms with Gasteiger partial charge in [-0.25, -0.2) is 14.0 Å². The minimum absolute atomic E-state index is 0.0299. The Morgan fingerprint density at radius 3 is 2.69 bits per heavy atom. The van der Waals surface area contributed by atoms with Crippen LogP contribution in [0.1, 0.15) is 48.2 Å². The molecular weight excluding hydrogens is 423 g/mol. The first-order valence-corrected chi connectivity index (χ1v) is 9.78. The first-order valence-electron chi connectivity index (χ1n) is 8.10. The molecule has 0 aliphatic rings. The molecule has 0 unspecified atom stereocenters. The van der Waals surface area contributed by atoms with Crippen molar-refractivity contribution in [1.82, 2.24) is 5.32 Å². The summed E-state index contributed by atoms with van der Waals surface area (Å²) in [5.74, 6) is -0.766. The summed E-state index contributed by atoms with van der Waals surface area (Å²) in [4.78, 5) is 24.4. The summed E-state index contributed by atoms with van der Waals surface area (Å²) in [6.45, 7) is 5.94. The fourth-order valence-corrected chi connectivity index (χ4v) is 3.73. The molecule has 5 nitrogen and oxygen atoms in total. The SMILES string of the molecule is CCOC(=O)c1c(C(C)C)csc1NC(=O)NCc1ccc(Br)cc1F. The van der Waals surface area contributed by atoms with E-state index in [9.17, 15) is 14.0 Å². The number of amides is 2. The maximum absolute atomic E-state index is 13.8. The predicted molar refractivity (Wildman–Crippen MR) is 104 cm³/mol. The van der Waals surface area contributed by atoms with Crippen molar-refractivity contribution in [2.45, 2.75) is 33.2 Å². The smallest absolute Gasteiger partial charge is 0.341 e. The molecule has 1 heterocycles. The summed E-state index contributed by atoms with van der Waals surface area (Å²) in [6, 6.07) is 4.11. The third-order valence-corrected chi connectivity index (χ3v) is 5.01. The molecule has 0 saturated carbocycles. The standard InChI is InChI=1S/C18H20BrFN2O3S/c1-4-25-17(23)15-13(10(2)3)9-26-16(15)22-18(24)21-8-11-5-6-12(19)7-14(11)20/h5-7,9-10H,4,8H2,1-3H3,(H2,21,22,24). The van der Waals surface area contributed by atoms with Crippen LogP contribution in [0.4, 0.5) is 14.2 Å². The monoisotopic (exact) mass is 442 g/mol. The Kier molecular flexibility index (Phi) is 7.16. The third-order valence-electron chi connectivity index (χ3n) is 3.60. The molecule has 8 heteroatoms. The van der Waals surface area contributed by atoms with Crippen molar-refractivity contribution in [3.63, 3.8) is 0 Å². The number of anilines is 1. The number of halogens is 2. The molecular formula is C18H20BrFN2O3S. The molecule has 0 atom stereocenters. The average molecular weight is 443 g/mol. The number of ether oxygens (including phenoxy) is 1. The van der Waals surface area contributed by atoms with Gasteiger partial charge in [-0.2, -0.15) is 0 Å². The zero-order chi connectivity index (χ0) is 19.3. The summed E-state index contributed by atoms with van der Waals surface area (Å²) in [7, 11) is 0. The van der Waals surface area contributed by atoms with Crippen LogP contribution in [0.15, 0.2) is 28.1 Å². The summed E-state index contributed by atoms with van der Waals surface area (Å²) < 4.78 is 19.5. The van der Waals surface area contributed by atoms with E-state index in [0.717, 1.165) is 5.56 Å². The zero-order valence-corrected chi connectivity index (χ0v) is 17.1. The van der Waals surface area contributed by atoms with Gasteiger partial charge in [0.25, 0.3) is 0 Å². The normalized spacial score (nSPS) is 10.7. The molecule has 0 bridgehead atoms. The van der Waals surface area contributed by atoms with E-state index in [4.69, 9.17) is 4.74 Å². The van der Waals surface area contributed by atoms with E-state index in [1.54, 1.807) is 19.1 Å². The highest BCUT2D eigenvalue weighted by molar-refractivity contribution is 9.10. The largest absolute Gasteiger partial charge is 0.462 e. The van der Waals surface area contributed by atoms with E-state index >= 15 is 0 Å². The van der Waals surface area contributed by atoms with E-state index < -0.39 is 17.8 Å². The highest BCUT2D eigenvalue weighted by Gasteiger charge is 2.23. The Bertz CT molecular complexity index is 808. The number of carbonyl (C=O) groups excluding carboxylic acids is 2. The third kappa shape index (κ3) is 5.04. The summed E-state index contributed by atoms with van der Waals surface area (Å²) >= 11 is 4.45. The Labute approximate surface area is 164 Å². The lowest BCUT2D eigenvalue weighted by Gasteiger charge is -2.11. The number of urea groups is 1. The number of carbonyl (C=O) groups is 2. The van der Waals surface area contributed by atoms with Crippen LogP contribution in [0.25, 0.3) is 0 Å². The molecule has 2 rings (SSSR count). The quantitative estimate of drug-likeness (QED) is 0.598. The Morgan fingerprint density at radius 1 is 1.35 bits per heavy atom. The topological polar surface area (TPSA) is 67.4 Å². The number of benzene rings is 1. The maximum Gasteiger partial charge on any atom is 0.341 e. The van der Waals surface area contributed by atoms with Crippen molar-refractivity contribution in [3.05, 3.63) is 50.6 Å². The molecule has 0 fully saturated rings. The van der Waals surface area contributed by atoms with E-state index in [1.165, 1.54) is 17.4 Å². The zero-order valence-electron chi connectivity index (χ0n) is 14.7. The van der Waals surface area contributed by atoms with Crippen molar-refractivity contribution in [2.24, 2.45) is 0 Å². The van der Waals surface area contributed by atoms with Crippen LogP contribution < -0.4 is 10.6 Å². The second-order valence-electron chi connectivity index (χ2n) is 5.81. The molecule has 0 aliphatic heterocycles. The fraction of sp³-hybridized carbons (Fsp3) is 0.333. The van der Waals surface area contributed by atoms with Crippen LogP contribution in [-0.4, -0.2) is 18.6 Å². The van der Waals surface area contributed by atoms with Crippen LogP contribution in [0.3, 0.4) is 0 Å². The van der Waals surface area contributed by atoms with Gasteiger partial charge in [0, 0.05) is 16.6 Å². The van der Waals surface area contributed by atoms with Crippen molar-refractivity contribution in [1.29, 1.82) is 0 Å². The lowest BCUT2D eigenvalue weighted by molar-refractivity contribution is 0.0526. The van der Waals surface area contributed by atoms with Crippen LogP contribution in [-0.2, 0) is 11.3 Å². The van der Waals surface area contributed by atoms with Crippen LogP contribution in [0.2, 0.25) is 0 Å². The van der Waals surface area contributed by atoms with Crippen LogP contribution in [0, 0.1) is 5.82 Å². The van der Waals surface area contributed by atoms with Gasteiger partial charge in [-0.05, 0) is 35.9 Å². The second kappa shape index (κ2) is 9.14. The molecule has 1 aromatic heterocycles. The molecule has 2 aromatic rings. The van der Waals surface area contributed by atoms with E-state index in [0.29, 0.717) is 20.6 Å². The molecule has 140 valence electrons. The van der Waals surface area contributed by atoms with Crippen LogP contribution >= 0.6 is 27.3 Å². The van der Waals surface area contributed by atoms with Gasteiger partial charge in [0.05, 0.1) is 12.2 Å². The van der Waals surface area contributed by atoms with Crippen molar-refractivity contribution < 1.29 is 18.7 Å². The first kappa shape index (κ1) is 20.4. The van der Waals surface area contributed by atoms with Gasteiger partial charge in [-0.3, -0.25) is 5.32 Å². The summed E-state index contributed by atoms with van der Waals surface area (Å²) in [5, 5.41) is 7.51. The molecule has 2 amide bonds. The van der Waals surface area contributed by atoms with Gasteiger partial charge in [0.2, 0.25) is 0 Å². The maximum atomic E-state index is 13.8. The highest BCUT2D eigenvalue weighted by Crippen LogP contribution is 2.33. The van der Waals surface area contributed by atoms with Crippen molar-refractivity contribution >= 4 is 44.3 Å². The number of thiophene rings is 1. The molecule has 1 aromatic carbocycles.